The van der Waals surface area contributed by atoms with Gasteiger partial charge in [0, 0.05) is 34.8 Å². The van der Waals surface area contributed by atoms with Crippen molar-refractivity contribution >= 4 is 28.8 Å². The number of hydrogen-bond donors (Lipinski definition) is 3. The van der Waals surface area contributed by atoms with Crippen LogP contribution in [0.3, 0.4) is 0 Å². The average molecular weight is 409 g/mol. The SMILES string of the molecule is Cc1ccc(CNC(=O)C(=Cc2c[nH]c3ccccc23)NC(=O)c2ccccc2)cc1. The van der Waals surface area contributed by atoms with Crippen molar-refractivity contribution in [2.24, 2.45) is 0 Å². The number of aromatic nitrogens is 1. The van der Waals surface area contributed by atoms with Crippen LogP contribution in [0.4, 0.5) is 0 Å². The maximum Gasteiger partial charge on any atom is 0.268 e. The van der Waals surface area contributed by atoms with E-state index in [9.17, 15) is 9.59 Å². The summed E-state index contributed by atoms with van der Waals surface area (Å²) in [6.45, 7) is 2.38. The van der Waals surface area contributed by atoms with Crippen LogP contribution in [0.1, 0.15) is 27.0 Å². The van der Waals surface area contributed by atoms with Crippen molar-refractivity contribution in [2.75, 3.05) is 0 Å². The molecule has 4 aromatic rings. The van der Waals surface area contributed by atoms with Gasteiger partial charge >= 0.3 is 0 Å². The number of hydrogen-bond acceptors (Lipinski definition) is 2. The number of aryl methyl sites for hydroxylation is 1. The molecule has 4 rings (SSSR count). The van der Waals surface area contributed by atoms with Gasteiger partial charge in [0.1, 0.15) is 5.70 Å². The largest absolute Gasteiger partial charge is 0.361 e. The fraction of sp³-hybridized carbons (Fsp3) is 0.0769. The molecule has 2 amide bonds. The molecule has 0 radical (unpaired) electrons. The van der Waals surface area contributed by atoms with Crippen molar-refractivity contribution < 1.29 is 9.59 Å². The van der Waals surface area contributed by atoms with Gasteiger partial charge in [0.25, 0.3) is 11.8 Å². The lowest BCUT2D eigenvalue weighted by Crippen LogP contribution is -2.34. The summed E-state index contributed by atoms with van der Waals surface area (Å²) in [5.74, 6) is -0.688. The van der Waals surface area contributed by atoms with Crippen LogP contribution in [0.15, 0.2) is 90.8 Å². The molecule has 5 heteroatoms. The predicted molar refractivity (Wildman–Crippen MR) is 123 cm³/mol. The normalized spacial score (nSPS) is 11.3. The lowest BCUT2D eigenvalue weighted by molar-refractivity contribution is -0.117. The van der Waals surface area contributed by atoms with Crippen LogP contribution < -0.4 is 10.6 Å². The third-order valence-electron chi connectivity index (χ3n) is 5.02. The minimum atomic E-state index is -0.352. The molecule has 0 atom stereocenters. The summed E-state index contributed by atoms with van der Waals surface area (Å²) in [7, 11) is 0. The first-order chi connectivity index (χ1) is 15.1. The lowest BCUT2D eigenvalue weighted by atomic mass is 10.1. The van der Waals surface area contributed by atoms with Crippen LogP contribution in [0, 0.1) is 6.92 Å². The van der Waals surface area contributed by atoms with Crippen molar-refractivity contribution in [3.8, 4) is 0 Å². The first kappa shape index (κ1) is 20.2. The highest BCUT2D eigenvalue weighted by Gasteiger charge is 2.15. The van der Waals surface area contributed by atoms with E-state index >= 15 is 0 Å². The number of benzene rings is 3. The quantitative estimate of drug-likeness (QED) is 0.408. The standard InChI is InChI=1S/C26H23N3O2/c1-18-11-13-19(14-12-18)16-28-26(31)24(29-25(30)20-7-3-2-4-8-20)15-21-17-27-23-10-6-5-9-22(21)23/h2-15,17,27H,16H2,1H3,(H,28,31)(H,29,30). The summed E-state index contributed by atoms with van der Waals surface area (Å²) in [6.07, 6.45) is 3.52. The number of carbonyl (C=O) groups is 2. The Kier molecular flexibility index (Phi) is 5.94. The monoisotopic (exact) mass is 409 g/mol. The van der Waals surface area contributed by atoms with Crippen molar-refractivity contribution in [1.29, 1.82) is 0 Å². The molecule has 1 heterocycles. The number of fused-ring (bicyclic) bond motifs is 1. The number of para-hydroxylation sites is 1. The Morgan fingerprint density at radius 2 is 1.61 bits per heavy atom. The Morgan fingerprint density at radius 3 is 2.39 bits per heavy atom. The number of amides is 2. The minimum Gasteiger partial charge on any atom is -0.361 e. The molecule has 0 aliphatic heterocycles. The second-order valence-corrected chi connectivity index (χ2v) is 7.34. The van der Waals surface area contributed by atoms with E-state index in [2.05, 4.69) is 15.6 Å². The fourth-order valence-corrected chi connectivity index (χ4v) is 3.29. The van der Waals surface area contributed by atoms with Gasteiger partial charge in [-0.05, 0) is 36.8 Å². The summed E-state index contributed by atoms with van der Waals surface area (Å²) in [4.78, 5) is 28.9. The van der Waals surface area contributed by atoms with E-state index in [4.69, 9.17) is 0 Å². The number of carbonyl (C=O) groups excluding carboxylic acids is 2. The Hall–Kier alpha value is -4.12. The zero-order valence-electron chi connectivity index (χ0n) is 17.2. The van der Waals surface area contributed by atoms with Gasteiger partial charge in [-0.2, -0.15) is 0 Å². The first-order valence-electron chi connectivity index (χ1n) is 10.1. The van der Waals surface area contributed by atoms with Crippen LogP contribution in [0.25, 0.3) is 17.0 Å². The van der Waals surface area contributed by atoms with Gasteiger partial charge in [0.15, 0.2) is 0 Å². The molecule has 0 fully saturated rings. The number of aromatic amines is 1. The summed E-state index contributed by atoms with van der Waals surface area (Å²) in [5, 5.41) is 6.65. The highest BCUT2D eigenvalue weighted by molar-refractivity contribution is 6.06. The Bertz CT molecular complexity index is 1240. The van der Waals surface area contributed by atoms with E-state index in [1.807, 2.05) is 67.7 Å². The van der Waals surface area contributed by atoms with E-state index < -0.39 is 0 Å². The lowest BCUT2D eigenvalue weighted by Gasteiger charge is -2.11. The molecular formula is C26H23N3O2. The molecule has 3 N–H and O–H groups in total. The van der Waals surface area contributed by atoms with E-state index in [0.717, 1.165) is 27.6 Å². The van der Waals surface area contributed by atoms with Crippen LogP contribution >= 0.6 is 0 Å². The maximum absolute atomic E-state index is 13.0. The van der Waals surface area contributed by atoms with Crippen LogP contribution in [0.2, 0.25) is 0 Å². The van der Waals surface area contributed by atoms with Gasteiger partial charge in [0.05, 0.1) is 0 Å². The summed E-state index contributed by atoms with van der Waals surface area (Å²) >= 11 is 0. The number of H-pyrrole nitrogens is 1. The number of rotatable bonds is 6. The minimum absolute atomic E-state index is 0.186. The summed E-state index contributed by atoms with van der Waals surface area (Å²) in [5.41, 5.74) is 4.60. The zero-order valence-corrected chi connectivity index (χ0v) is 17.2. The molecule has 0 aliphatic carbocycles. The fourth-order valence-electron chi connectivity index (χ4n) is 3.29. The summed E-state index contributed by atoms with van der Waals surface area (Å²) in [6, 6.07) is 24.6. The van der Waals surface area contributed by atoms with Crippen molar-refractivity contribution in [1.82, 2.24) is 15.6 Å². The molecule has 0 unspecified atom stereocenters. The van der Waals surface area contributed by atoms with E-state index in [-0.39, 0.29) is 17.5 Å². The molecule has 31 heavy (non-hydrogen) atoms. The van der Waals surface area contributed by atoms with Gasteiger partial charge in [-0.1, -0.05) is 66.2 Å². The molecule has 0 saturated heterocycles. The predicted octanol–water partition coefficient (Wildman–Crippen LogP) is 4.56. The third kappa shape index (κ3) is 4.90. The van der Waals surface area contributed by atoms with E-state index in [1.54, 1.807) is 30.3 Å². The zero-order chi connectivity index (χ0) is 21.6. The highest BCUT2D eigenvalue weighted by atomic mass is 16.2. The molecule has 0 saturated carbocycles. The van der Waals surface area contributed by atoms with Crippen LogP contribution in [0.5, 0.6) is 0 Å². The second kappa shape index (κ2) is 9.13. The molecule has 0 aliphatic rings. The van der Waals surface area contributed by atoms with Crippen molar-refractivity contribution in [3.05, 3.63) is 113 Å². The van der Waals surface area contributed by atoms with Gasteiger partial charge < -0.3 is 15.6 Å². The molecule has 154 valence electrons. The second-order valence-electron chi connectivity index (χ2n) is 7.34. The van der Waals surface area contributed by atoms with E-state index in [1.165, 1.54) is 0 Å². The molecule has 3 aromatic carbocycles. The molecule has 1 aromatic heterocycles. The van der Waals surface area contributed by atoms with E-state index in [0.29, 0.717) is 12.1 Å². The van der Waals surface area contributed by atoms with Crippen LogP contribution in [-0.2, 0) is 11.3 Å². The maximum atomic E-state index is 13.0. The topological polar surface area (TPSA) is 74.0 Å². The smallest absolute Gasteiger partial charge is 0.268 e. The van der Waals surface area contributed by atoms with Gasteiger partial charge in [-0.15, -0.1) is 0 Å². The van der Waals surface area contributed by atoms with Crippen molar-refractivity contribution in [2.45, 2.75) is 13.5 Å². The Balaban J connectivity index is 1.60. The number of nitrogens with one attached hydrogen (secondary N) is 3. The third-order valence-corrected chi connectivity index (χ3v) is 5.02. The van der Waals surface area contributed by atoms with Crippen molar-refractivity contribution in [3.63, 3.8) is 0 Å². The summed E-state index contributed by atoms with van der Waals surface area (Å²) < 4.78 is 0. The van der Waals surface area contributed by atoms with Crippen LogP contribution in [-0.4, -0.2) is 16.8 Å². The Labute approximate surface area is 180 Å². The van der Waals surface area contributed by atoms with Gasteiger partial charge in [-0.3, -0.25) is 9.59 Å². The van der Waals surface area contributed by atoms with Gasteiger partial charge in [-0.25, -0.2) is 0 Å². The van der Waals surface area contributed by atoms with Gasteiger partial charge in [0.2, 0.25) is 0 Å². The average Bonchev–Trinajstić information content (AvgIpc) is 3.21. The Morgan fingerprint density at radius 1 is 0.903 bits per heavy atom. The molecule has 0 spiro atoms. The molecule has 5 nitrogen and oxygen atoms in total. The highest BCUT2D eigenvalue weighted by Crippen LogP contribution is 2.20. The molecular weight excluding hydrogens is 386 g/mol. The first-order valence-corrected chi connectivity index (χ1v) is 10.1. The molecule has 0 bridgehead atoms.